The zero-order valence-corrected chi connectivity index (χ0v) is 25.2. The number of ether oxygens (including phenoxy) is 12. The van der Waals surface area contributed by atoms with Gasteiger partial charge in [0.25, 0.3) is 0 Å². The molecular weight excluding hydrogens is 540 g/mol. The second-order valence-electron chi connectivity index (χ2n) is 13.9. The predicted molar refractivity (Wildman–Crippen MR) is 138 cm³/mol. The summed E-state index contributed by atoms with van der Waals surface area (Å²) in [5, 5.41) is 0. The first-order valence-electron chi connectivity index (χ1n) is 14.7. The van der Waals surface area contributed by atoms with Crippen molar-refractivity contribution in [3.8, 4) is 0 Å². The topological polar surface area (TPSA) is 111 Å². The minimum absolute atomic E-state index is 0.0879. The van der Waals surface area contributed by atoms with Gasteiger partial charge in [-0.1, -0.05) is 12.2 Å². The summed E-state index contributed by atoms with van der Waals surface area (Å²) in [5.41, 5.74) is -1.94. The summed E-state index contributed by atoms with van der Waals surface area (Å²) >= 11 is 0. The minimum Gasteiger partial charge on any atom is -0.348 e. The molecule has 0 bridgehead atoms. The quantitative estimate of drug-likeness (QED) is 0.445. The molecule has 7 aliphatic heterocycles. The Morgan fingerprint density at radius 2 is 0.878 bits per heavy atom. The Morgan fingerprint density at radius 1 is 0.463 bits per heavy atom. The van der Waals surface area contributed by atoms with Gasteiger partial charge in [-0.15, -0.1) is 0 Å². The molecule has 0 saturated carbocycles. The predicted octanol–water partition coefficient (Wildman–Crippen LogP) is 2.86. The number of hydrogen-bond acceptors (Lipinski definition) is 12. The van der Waals surface area contributed by atoms with Crippen molar-refractivity contribution in [2.45, 2.75) is 152 Å². The van der Waals surface area contributed by atoms with Gasteiger partial charge in [-0.3, -0.25) is 0 Å². The smallest absolute Gasteiger partial charge is 0.190 e. The fourth-order valence-corrected chi connectivity index (χ4v) is 7.39. The molecule has 6 saturated heterocycles. The summed E-state index contributed by atoms with van der Waals surface area (Å²) in [7, 11) is 0. The molecule has 10 atom stereocenters. The molecule has 232 valence electrons. The van der Waals surface area contributed by atoms with Crippen LogP contribution >= 0.6 is 0 Å². The minimum atomic E-state index is -0.968. The third-order valence-corrected chi connectivity index (χ3v) is 9.04. The summed E-state index contributed by atoms with van der Waals surface area (Å²) < 4.78 is 76.1. The average Bonchev–Trinajstić information content (AvgIpc) is 3.66. The standard InChI is InChI=1S/C29H44O12/c1-24(2)30-13-16(36-24)18-28(20-22(34-18)40-26(5,6)38-20)11-9-10-12-29(33-15-32-28)19(17-14-31-25(3,4)37-17)35-23-21(29)39-27(7,8)41-23/h9-10,16-23H,11-15H2,1-8H3/b10-9-/t16-,17-,18-,19-,20+,21+,22-,23-,28-,29-/m1/s1. The van der Waals surface area contributed by atoms with E-state index in [0.717, 1.165) is 0 Å². The van der Waals surface area contributed by atoms with Gasteiger partial charge in [0, 0.05) is 0 Å². The van der Waals surface area contributed by atoms with Crippen molar-refractivity contribution >= 4 is 0 Å². The third kappa shape index (κ3) is 4.83. The van der Waals surface area contributed by atoms with Crippen LogP contribution in [0.1, 0.15) is 68.2 Å². The van der Waals surface area contributed by atoms with E-state index in [1.54, 1.807) is 0 Å². The van der Waals surface area contributed by atoms with Crippen LogP contribution < -0.4 is 0 Å². The van der Waals surface area contributed by atoms with E-state index >= 15 is 0 Å². The van der Waals surface area contributed by atoms with Crippen LogP contribution in [-0.4, -0.2) is 104 Å². The first kappa shape index (κ1) is 29.0. The Labute approximate surface area is 241 Å². The monoisotopic (exact) mass is 584 g/mol. The second kappa shape index (κ2) is 9.38. The lowest BCUT2D eigenvalue weighted by Gasteiger charge is -2.41. The molecule has 0 radical (unpaired) electrons. The van der Waals surface area contributed by atoms with Crippen molar-refractivity contribution in [2.24, 2.45) is 0 Å². The van der Waals surface area contributed by atoms with Crippen LogP contribution in [0, 0.1) is 0 Å². The van der Waals surface area contributed by atoms with Crippen LogP contribution in [0.15, 0.2) is 12.2 Å². The van der Waals surface area contributed by atoms with E-state index in [0.29, 0.717) is 26.1 Å². The molecule has 0 aliphatic carbocycles. The Morgan fingerprint density at radius 3 is 1.24 bits per heavy atom. The summed E-state index contributed by atoms with van der Waals surface area (Å²) in [4.78, 5) is 0. The number of hydrogen-bond donors (Lipinski definition) is 0. The average molecular weight is 585 g/mol. The molecule has 0 unspecified atom stereocenters. The maximum Gasteiger partial charge on any atom is 0.190 e. The van der Waals surface area contributed by atoms with Crippen LogP contribution in [0.4, 0.5) is 0 Å². The first-order valence-corrected chi connectivity index (χ1v) is 14.7. The highest BCUT2D eigenvalue weighted by atomic mass is 16.9. The molecule has 12 nitrogen and oxygen atoms in total. The van der Waals surface area contributed by atoms with Gasteiger partial charge in [-0.05, 0) is 68.2 Å². The van der Waals surface area contributed by atoms with Crippen molar-refractivity contribution in [2.75, 3.05) is 20.0 Å². The largest absolute Gasteiger partial charge is 0.348 e. The van der Waals surface area contributed by atoms with Crippen LogP contribution in [0.3, 0.4) is 0 Å². The highest BCUT2D eigenvalue weighted by Crippen LogP contribution is 2.53. The Kier molecular flexibility index (Phi) is 6.64. The van der Waals surface area contributed by atoms with Gasteiger partial charge >= 0.3 is 0 Å². The lowest BCUT2D eigenvalue weighted by molar-refractivity contribution is -0.294. The summed E-state index contributed by atoms with van der Waals surface area (Å²) in [6, 6.07) is 0. The van der Waals surface area contributed by atoms with E-state index in [1.807, 2.05) is 55.4 Å². The molecule has 2 spiro atoms. The molecule has 0 aromatic rings. The molecule has 41 heavy (non-hydrogen) atoms. The molecule has 7 aliphatic rings. The van der Waals surface area contributed by atoms with Crippen LogP contribution in [-0.2, 0) is 56.8 Å². The molecular formula is C29H44O12. The Balaban J connectivity index is 1.20. The van der Waals surface area contributed by atoms with Crippen molar-refractivity contribution < 1.29 is 56.8 Å². The molecule has 0 amide bonds. The Bertz CT molecular complexity index is 978. The zero-order valence-electron chi connectivity index (χ0n) is 25.2. The van der Waals surface area contributed by atoms with E-state index in [9.17, 15) is 0 Å². The van der Waals surface area contributed by atoms with Gasteiger partial charge < -0.3 is 56.8 Å². The van der Waals surface area contributed by atoms with Crippen LogP contribution in [0.25, 0.3) is 0 Å². The molecule has 0 aromatic heterocycles. The van der Waals surface area contributed by atoms with E-state index in [4.69, 9.17) is 56.8 Å². The van der Waals surface area contributed by atoms with Gasteiger partial charge in [0.2, 0.25) is 0 Å². The maximum atomic E-state index is 6.79. The summed E-state index contributed by atoms with van der Waals surface area (Å²) in [6.45, 7) is 15.7. The molecule has 0 N–H and O–H groups in total. The van der Waals surface area contributed by atoms with Crippen LogP contribution in [0.5, 0.6) is 0 Å². The number of fused-ring (bicyclic) bond motifs is 4. The molecule has 0 aromatic carbocycles. The Hall–Kier alpha value is -0.740. The van der Waals surface area contributed by atoms with Crippen molar-refractivity contribution in [3.05, 3.63) is 12.2 Å². The van der Waals surface area contributed by atoms with Crippen LogP contribution in [0.2, 0.25) is 0 Å². The second-order valence-corrected chi connectivity index (χ2v) is 13.9. The highest BCUT2D eigenvalue weighted by molar-refractivity contribution is 5.17. The number of rotatable bonds is 2. The van der Waals surface area contributed by atoms with Crippen molar-refractivity contribution in [1.29, 1.82) is 0 Å². The van der Waals surface area contributed by atoms with E-state index < -0.39 is 71.3 Å². The summed E-state index contributed by atoms with van der Waals surface area (Å²) in [6.07, 6.45) is 1.02. The van der Waals surface area contributed by atoms with Gasteiger partial charge in [-0.25, -0.2) is 0 Å². The highest BCUT2D eigenvalue weighted by Gasteiger charge is 2.70. The lowest BCUT2D eigenvalue weighted by Crippen LogP contribution is -2.58. The van der Waals surface area contributed by atoms with E-state index in [1.165, 1.54) is 0 Å². The molecule has 12 heteroatoms. The zero-order chi connectivity index (χ0) is 29.1. The fourth-order valence-electron chi connectivity index (χ4n) is 7.39. The first-order chi connectivity index (χ1) is 19.1. The normalized spacial score (nSPS) is 51.9. The lowest BCUT2D eigenvalue weighted by atomic mass is 9.84. The SMILES string of the molecule is CC1(C)OC[C@H]([C@H]2O[C@@H]3OC(C)(C)O[C@@H]3[C@@]23C/C=C\C[C@@]2(OCO3)[C@@H]([C@H]3COC(C)(C)O3)O[C@@H]3OC(C)(C)O[C@@H]32)O1. The maximum absolute atomic E-state index is 6.79. The van der Waals surface area contributed by atoms with E-state index in [-0.39, 0.29) is 19.0 Å². The van der Waals surface area contributed by atoms with Crippen molar-refractivity contribution in [3.63, 3.8) is 0 Å². The van der Waals surface area contributed by atoms with E-state index in [2.05, 4.69) is 12.2 Å². The van der Waals surface area contributed by atoms with Gasteiger partial charge in [0.1, 0.15) is 54.6 Å². The van der Waals surface area contributed by atoms with Gasteiger partial charge in [-0.2, -0.15) is 0 Å². The molecule has 7 heterocycles. The third-order valence-electron chi connectivity index (χ3n) is 9.04. The van der Waals surface area contributed by atoms with Gasteiger partial charge in [0.05, 0.1) is 13.2 Å². The summed E-state index contributed by atoms with van der Waals surface area (Å²) in [5.74, 6) is -3.15. The van der Waals surface area contributed by atoms with Gasteiger partial charge in [0.15, 0.2) is 35.7 Å². The molecule has 6 fully saturated rings. The fraction of sp³-hybridized carbons (Fsp3) is 0.931. The molecule has 7 rings (SSSR count). The van der Waals surface area contributed by atoms with Crippen molar-refractivity contribution in [1.82, 2.24) is 0 Å².